The van der Waals surface area contributed by atoms with Gasteiger partial charge in [0.15, 0.2) is 0 Å². The van der Waals surface area contributed by atoms with Crippen LogP contribution in [0.5, 0.6) is 0 Å². The number of pyridine rings is 1. The zero-order valence-electron chi connectivity index (χ0n) is 35.7. The molecule has 1 heterocycles. The van der Waals surface area contributed by atoms with Crippen molar-refractivity contribution in [3.05, 3.63) is 245 Å². The number of benzene rings is 7. The Labute approximate surface area is 383 Å². The number of nitrogens with zero attached hydrogens (tertiary/aromatic N) is 1. The molecule has 0 unspecified atom stereocenters. The number of halogens is 2. The van der Waals surface area contributed by atoms with Crippen LogP contribution in [-0.4, -0.2) is 22.2 Å². The van der Waals surface area contributed by atoms with Crippen LogP contribution in [0, 0.1) is 27.7 Å². The molecule has 10 rings (SSSR count). The van der Waals surface area contributed by atoms with Gasteiger partial charge in [-0.15, -0.1) is 0 Å². The molecule has 0 saturated carbocycles. The first-order valence-electron chi connectivity index (χ1n) is 21.3. The molecular weight excluding hydrogens is 889 g/mol. The van der Waals surface area contributed by atoms with E-state index in [-0.39, 0.29) is 0 Å². The summed E-state index contributed by atoms with van der Waals surface area (Å²) in [5, 5.41) is 21.0. The first-order chi connectivity index (χ1) is 30.0. The fourth-order valence-corrected chi connectivity index (χ4v) is 10.8. The Hall–Kier alpha value is -5.37. The summed E-state index contributed by atoms with van der Waals surface area (Å²) in [5.74, 6) is 0. The Balaban J connectivity index is 0.000000391. The zero-order valence-corrected chi connectivity index (χ0v) is 38.8. The third kappa shape index (κ3) is 6.93. The molecule has 0 aliphatic heterocycles. The van der Waals surface area contributed by atoms with Gasteiger partial charge in [-0.3, -0.25) is 0 Å². The van der Waals surface area contributed by atoms with Gasteiger partial charge in [0.05, 0.1) is 10.8 Å². The van der Waals surface area contributed by atoms with E-state index in [1.807, 2.05) is 24.4 Å². The second-order valence-corrected chi connectivity index (χ2v) is 18.6. The lowest BCUT2D eigenvalue weighted by atomic mass is 9.65. The number of hydrogen-bond acceptors (Lipinski definition) is 3. The Morgan fingerprint density at radius 1 is 0.484 bits per heavy atom. The van der Waals surface area contributed by atoms with Crippen LogP contribution >= 0.6 is 31.9 Å². The average Bonchev–Trinajstić information content (AvgIpc) is 3.73. The van der Waals surface area contributed by atoms with Crippen LogP contribution in [0.3, 0.4) is 0 Å². The summed E-state index contributed by atoms with van der Waals surface area (Å²) in [5.41, 5.74) is 19.7. The number of fused-ring (bicyclic) bond motifs is 6. The van der Waals surface area contributed by atoms with Gasteiger partial charge in [-0.1, -0.05) is 175 Å². The summed E-state index contributed by atoms with van der Waals surface area (Å²) >= 11 is 6.78. The van der Waals surface area contributed by atoms with E-state index in [9.17, 15) is 10.0 Å². The van der Waals surface area contributed by atoms with Crippen LogP contribution in [0.25, 0.3) is 22.3 Å². The number of hydrogen-bond donors (Lipinski definition) is 2. The van der Waals surface area contributed by atoms with Crippen LogP contribution < -0.4 is 5.46 Å². The fraction of sp³-hybridized carbons (Fsp3) is 0.161. The molecule has 306 valence electrons. The van der Waals surface area contributed by atoms with E-state index in [0.29, 0.717) is 5.46 Å². The highest BCUT2D eigenvalue weighted by atomic mass is 79.9. The summed E-state index contributed by atoms with van der Waals surface area (Å²) in [7, 11) is -1.58. The smallest absolute Gasteiger partial charge is 0.423 e. The molecule has 0 bridgehead atoms. The second kappa shape index (κ2) is 16.7. The molecule has 0 saturated heterocycles. The van der Waals surface area contributed by atoms with E-state index in [0.717, 1.165) is 44.2 Å². The largest absolute Gasteiger partial charge is 0.488 e. The van der Waals surface area contributed by atoms with Crippen LogP contribution in [0.2, 0.25) is 0 Å². The molecule has 3 nitrogen and oxygen atoms in total. The van der Waals surface area contributed by atoms with E-state index in [2.05, 4.69) is 211 Å². The van der Waals surface area contributed by atoms with Gasteiger partial charge < -0.3 is 10.0 Å². The third-order valence-electron chi connectivity index (χ3n) is 13.0. The van der Waals surface area contributed by atoms with Gasteiger partial charge in [0, 0.05) is 10.7 Å². The van der Waals surface area contributed by atoms with E-state index in [1.165, 1.54) is 72.3 Å². The molecule has 0 spiro atoms. The van der Waals surface area contributed by atoms with Gasteiger partial charge in [-0.25, -0.2) is 4.98 Å². The molecule has 1 aromatic heterocycles. The maximum atomic E-state index is 10.5. The van der Waals surface area contributed by atoms with Crippen molar-refractivity contribution in [2.75, 3.05) is 0 Å². The first-order valence-corrected chi connectivity index (χ1v) is 22.9. The highest BCUT2D eigenvalue weighted by Crippen LogP contribution is 2.62. The quantitative estimate of drug-likeness (QED) is 0.124. The van der Waals surface area contributed by atoms with Crippen LogP contribution in [-0.2, 0) is 17.3 Å². The second-order valence-electron chi connectivity index (χ2n) is 17.0. The normalized spacial score (nSPS) is 13.6. The standard InChI is InChI=1S/C48H39BO2.C8H9Br2N/c1-30-9-17-34(18-10-30)47(35-19-11-31(2)12-20-35)43-8-6-5-7-39(43)41-28-46-42(29-45(41)47)40-26-25-38(49(50)51)27-44(40)48(46,36-21-13-32(3)14-22-36)37-23-15-33(4)16-24-37;1-2-3-6-4-8(10)11-5-7(6)9/h5-29,50-51H,1-4H3;4-5H,2-3H2,1H3. The predicted molar refractivity (Wildman–Crippen MR) is 263 cm³/mol. The molecule has 2 aliphatic carbocycles. The molecular formula is C56H48BBr2NO2. The summed E-state index contributed by atoms with van der Waals surface area (Å²) < 4.78 is 2.01. The highest BCUT2D eigenvalue weighted by molar-refractivity contribution is 9.11. The lowest BCUT2D eigenvalue weighted by Crippen LogP contribution is -2.34. The van der Waals surface area contributed by atoms with Crippen LogP contribution in [0.1, 0.15) is 85.7 Å². The van der Waals surface area contributed by atoms with Gasteiger partial charge in [0.25, 0.3) is 0 Å². The summed E-state index contributed by atoms with van der Waals surface area (Å²) in [4.78, 5) is 4.09. The van der Waals surface area contributed by atoms with Gasteiger partial charge in [0.1, 0.15) is 4.60 Å². The topological polar surface area (TPSA) is 53.4 Å². The number of aryl methyl sites for hydroxylation is 5. The van der Waals surface area contributed by atoms with E-state index >= 15 is 0 Å². The summed E-state index contributed by atoms with van der Waals surface area (Å²) in [6.45, 7) is 10.7. The van der Waals surface area contributed by atoms with Crippen molar-refractivity contribution in [2.24, 2.45) is 0 Å². The molecule has 0 amide bonds. The van der Waals surface area contributed by atoms with Crippen molar-refractivity contribution in [3.63, 3.8) is 0 Å². The van der Waals surface area contributed by atoms with Crippen molar-refractivity contribution in [3.8, 4) is 22.3 Å². The lowest BCUT2D eigenvalue weighted by Gasteiger charge is -2.36. The average molecular weight is 938 g/mol. The van der Waals surface area contributed by atoms with E-state index in [1.54, 1.807) is 0 Å². The molecule has 0 atom stereocenters. The molecule has 0 radical (unpaired) electrons. The van der Waals surface area contributed by atoms with Crippen molar-refractivity contribution in [1.82, 2.24) is 4.98 Å². The van der Waals surface area contributed by atoms with Gasteiger partial charge >= 0.3 is 7.12 Å². The van der Waals surface area contributed by atoms with Crippen molar-refractivity contribution in [2.45, 2.75) is 58.3 Å². The van der Waals surface area contributed by atoms with Gasteiger partial charge in [-0.2, -0.15) is 0 Å². The molecule has 6 heteroatoms. The fourth-order valence-electron chi connectivity index (χ4n) is 9.97. The molecule has 62 heavy (non-hydrogen) atoms. The third-order valence-corrected chi connectivity index (χ3v) is 14.1. The van der Waals surface area contributed by atoms with Gasteiger partial charge in [-0.05, 0) is 162 Å². The summed E-state index contributed by atoms with van der Waals surface area (Å²) in [6.07, 6.45) is 4.09. The van der Waals surface area contributed by atoms with Crippen molar-refractivity contribution in [1.29, 1.82) is 0 Å². The molecule has 2 N–H and O–H groups in total. The van der Waals surface area contributed by atoms with E-state index in [4.69, 9.17) is 0 Å². The molecule has 0 fully saturated rings. The molecule has 7 aromatic carbocycles. The number of aromatic nitrogens is 1. The Bertz CT molecular complexity index is 2850. The van der Waals surface area contributed by atoms with E-state index < -0.39 is 17.9 Å². The van der Waals surface area contributed by atoms with Gasteiger partial charge in [0.2, 0.25) is 0 Å². The number of rotatable bonds is 7. The zero-order chi connectivity index (χ0) is 43.3. The molecule has 2 aliphatic rings. The molecule has 8 aromatic rings. The minimum absolute atomic E-state index is 0.483. The highest BCUT2D eigenvalue weighted by Gasteiger charge is 2.51. The Morgan fingerprint density at radius 3 is 1.35 bits per heavy atom. The van der Waals surface area contributed by atoms with Crippen molar-refractivity contribution < 1.29 is 10.0 Å². The summed E-state index contributed by atoms with van der Waals surface area (Å²) in [6, 6.07) is 57.8. The first kappa shape index (κ1) is 42.0. The predicted octanol–water partition coefficient (Wildman–Crippen LogP) is 12.9. The SMILES string of the molecule is CCCc1cc(Br)ncc1Br.Cc1ccc(C2(c3ccc(C)cc3)c3ccccc3-c3cc4c(cc32)-c2ccc(B(O)O)cc2C4(c2ccc(C)cc2)c2ccc(C)cc2)cc1. The van der Waals surface area contributed by atoms with Crippen LogP contribution in [0.15, 0.2) is 173 Å². The maximum absolute atomic E-state index is 10.5. The minimum atomic E-state index is -1.58. The Kier molecular flexibility index (Phi) is 11.3. The lowest BCUT2D eigenvalue weighted by molar-refractivity contribution is 0.425. The van der Waals surface area contributed by atoms with Crippen molar-refractivity contribution >= 4 is 44.4 Å². The minimum Gasteiger partial charge on any atom is -0.423 e. The maximum Gasteiger partial charge on any atom is 0.488 e. The van der Waals surface area contributed by atoms with Crippen LogP contribution in [0.4, 0.5) is 0 Å². The monoisotopic (exact) mass is 935 g/mol. The Morgan fingerprint density at radius 2 is 0.903 bits per heavy atom.